The van der Waals surface area contributed by atoms with Crippen LogP contribution >= 0.6 is 11.6 Å². The van der Waals surface area contributed by atoms with Crippen molar-refractivity contribution in [3.05, 3.63) is 195 Å². The zero-order chi connectivity index (χ0) is 51.2. The molecule has 4 aromatic heterocycles. The quantitative estimate of drug-likeness (QED) is 0.114. The fourth-order valence-electron chi connectivity index (χ4n) is 6.71. The third-order valence-corrected chi connectivity index (χ3v) is 9.93. The number of halogens is 6. The lowest BCUT2D eigenvalue weighted by Gasteiger charge is -2.11. The Bertz CT molecular complexity index is 3230. The number of carbonyl (C=O) groups is 2. The minimum absolute atomic E-state index is 0. The summed E-state index contributed by atoms with van der Waals surface area (Å²) in [5.74, 6) is -2.49. The van der Waals surface area contributed by atoms with Crippen LogP contribution in [-0.2, 0) is 22.7 Å². The summed E-state index contributed by atoms with van der Waals surface area (Å²) >= 11 is 5.01. The second-order valence-corrected chi connectivity index (χ2v) is 16.9. The Hall–Kier alpha value is -7.97. The van der Waals surface area contributed by atoms with Crippen molar-refractivity contribution >= 4 is 34.1 Å². The molecule has 0 atom stereocenters. The molecule has 21 heteroatoms. The van der Waals surface area contributed by atoms with Crippen LogP contribution in [0.3, 0.4) is 0 Å². The second kappa shape index (κ2) is 25.8. The van der Waals surface area contributed by atoms with E-state index in [0.717, 1.165) is 39.3 Å². The summed E-state index contributed by atoms with van der Waals surface area (Å²) in [4.78, 5) is 62.2. The van der Waals surface area contributed by atoms with Gasteiger partial charge in [-0.05, 0) is 97.5 Å². The van der Waals surface area contributed by atoms with Gasteiger partial charge in [-0.1, -0.05) is 36.4 Å². The Labute approximate surface area is 422 Å². The summed E-state index contributed by atoms with van der Waals surface area (Å²) in [6.07, 6.45) is 4.62. The van der Waals surface area contributed by atoms with E-state index >= 15 is 0 Å². The number of pyridine rings is 1. The van der Waals surface area contributed by atoms with Gasteiger partial charge in [0.1, 0.15) is 23.3 Å². The predicted molar refractivity (Wildman–Crippen MR) is 263 cm³/mol. The van der Waals surface area contributed by atoms with E-state index in [1.165, 1.54) is 70.3 Å². The van der Waals surface area contributed by atoms with Gasteiger partial charge in [0, 0.05) is 46.5 Å². The number of carbonyl (C=O) groups excluding carboxylic acids is 2. The van der Waals surface area contributed by atoms with Crippen LogP contribution in [-0.4, -0.2) is 91.8 Å². The molecule has 0 unspecified atom stereocenters. The highest BCUT2D eigenvalue weighted by atomic mass is 35.5. The van der Waals surface area contributed by atoms with Gasteiger partial charge < -0.3 is 33.3 Å². The number of aromatic nitrogens is 7. The standard InChI is InChI=1S/C26H23F2N5O2.C21H15F2N5O.C4H8ClNO.ClH/c1-32(2)16-25(34)30-22-6-7-23(29-14-22)18-5-3-4-17(10-18)15-33-26(35)9-8-24(31-33)19-11-20(27)13-21(28)12-19;22-16-7-15(8-17(23)9-16)19-4-5-20(29)28(27-19)12-13-2-1-3-14(6-13)21-25-10-18(24)11-26-21;1-6(2)3-4(5)7;/h3-14H,15-16H2,1-2H3,(H,30,34);1-11H,12,24H2;3H2,1-2H3;1H. The maximum atomic E-state index is 13.6. The summed E-state index contributed by atoms with van der Waals surface area (Å²) in [5, 5.41) is 11.1. The van der Waals surface area contributed by atoms with Gasteiger partial charge >= 0.3 is 0 Å². The fraction of sp³-hybridized carbons (Fsp3) is 0.157. The number of quaternary nitrogens is 1. The molecule has 15 nitrogen and oxygen atoms in total. The minimum atomic E-state index is -0.719. The van der Waals surface area contributed by atoms with Gasteiger partial charge in [-0.25, -0.2) is 36.9 Å². The molecule has 0 bridgehead atoms. The van der Waals surface area contributed by atoms with Crippen LogP contribution in [0.25, 0.3) is 45.2 Å². The number of amides is 1. The van der Waals surface area contributed by atoms with Crippen molar-refractivity contribution in [2.75, 3.05) is 52.3 Å². The van der Waals surface area contributed by atoms with Crippen molar-refractivity contribution in [3.8, 4) is 45.2 Å². The summed E-state index contributed by atoms with van der Waals surface area (Å²) in [7, 11) is 7.38. The Morgan fingerprint density at radius 3 is 1.53 bits per heavy atom. The topological polar surface area (TPSA) is 188 Å². The number of nitrogens with zero attached hydrogens (tertiary/aromatic N) is 8. The Kier molecular flexibility index (Phi) is 19.7. The molecule has 0 spiro atoms. The number of nitrogens with one attached hydrogen (secondary N) is 2. The average Bonchev–Trinajstić information content (AvgIpc) is 3.30. The molecule has 4 heterocycles. The maximum Gasteiger partial charge on any atom is 0.276 e. The lowest BCUT2D eigenvalue weighted by Crippen LogP contribution is -3.06. The van der Waals surface area contributed by atoms with Crippen LogP contribution in [0, 0.1) is 23.3 Å². The molecule has 0 aliphatic rings. The van der Waals surface area contributed by atoms with E-state index in [9.17, 15) is 36.7 Å². The van der Waals surface area contributed by atoms with Gasteiger partial charge in [-0.2, -0.15) is 10.2 Å². The van der Waals surface area contributed by atoms with Crippen LogP contribution in [0.5, 0.6) is 0 Å². The van der Waals surface area contributed by atoms with E-state index in [0.29, 0.717) is 35.1 Å². The number of nitrogens with two attached hydrogens (primary N) is 1. The normalized spacial score (nSPS) is 10.7. The van der Waals surface area contributed by atoms with E-state index < -0.39 is 23.3 Å². The van der Waals surface area contributed by atoms with Crippen molar-refractivity contribution < 1.29 is 44.5 Å². The number of anilines is 2. The highest BCUT2D eigenvalue weighted by Gasteiger charge is 2.12. The lowest BCUT2D eigenvalue weighted by atomic mass is 10.1. The summed E-state index contributed by atoms with van der Waals surface area (Å²) in [6, 6.07) is 30.1. The van der Waals surface area contributed by atoms with Crippen LogP contribution in [0.1, 0.15) is 11.1 Å². The van der Waals surface area contributed by atoms with Crippen molar-refractivity contribution in [3.63, 3.8) is 0 Å². The largest absolute Gasteiger partial charge is 1.00 e. The molecule has 0 fully saturated rings. The molecule has 8 rings (SSSR count). The van der Waals surface area contributed by atoms with E-state index in [4.69, 9.17) is 17.3 Å². The van der Waals surface area contributed by atoms with Gasteiger partial charge in [0.05, 0.1) is 80.8 Å². The lowest BCUT2D eigenvalue weighted by molar-refractivity contribution is -0.848. The van der Waals surface area contributed by atoms with Gasteiger partial charge in [-0.15, -0.1) is 0 Å². The maximum absolute atomic E-state index is 13.6. The third-order valence-electron chi connectivity index (χ3n) is 9.79. The van der Waals surface area contributed by atoms with Crippen molar-refractivity contribution in [2.45, 2.75) is 13.1 Å². The van der Waals surface area contributed by atoms with Gasteiger partial charge in [0.15, 0.2) is 12.4 Å². The molecule has 1 amide bonds. The molecular formula is C51H47Cl2F4N11O4. The summed E-state index contributed by atoms with van der Waals surface area (Å²) < 4.78 is 56.7. The number of rotatable bonds is 13. The molecular weight excluding hydrogens is 978 g/mol. The molecule has 0 saturated carbocycles. The molecule has 0 radical (unpaired) electrons. The Morgan fingerprint density at radius 2 is 1.10 bits per heavy atom. The van der Waals surface area contributed by atoms with Crippen LogP contribution in [0.2, 0.25) is 0 Å². The van der Waals surface area contributed by atoms with E-state index in [1.54, 1.807) is 23.2 Å². The van der Waals surface area contributed by atoms with E-state index in [1.807, 2.05) is 76.7 Å². The van der Waals surface area contributed by atoms with E-state index in [-0.39, 0.29) is 71.1 Å². The first-order valence-corrected chi connectivity index (χ1v) is 22.0. The first-order chi connectivity index (χ1) is 33.9. The number of hydrogen-bond acceptors (Lipinski definition) is 11. The summed E-state index contributed by atoms with van der Waals surface area (Å²) in [6.45, 7) is 1.01. The SMILES string of the molecule is CN(C)CC(=O)Nc1ccc(-c2cccc(Cn3nc(-c4cc(F)cc(F)c4)ccc3=O)c2)nc1.C[NH+](C)CC(=O)Cl.Nc1cnc(-c2cccc(Cn3nc(-c4cc(F)cc(F)c4)ccc3=O)c2)nc1.[Cl-]. The van der Waals surface area contributed by atoms with Gasteiger partial charge in [0.2, 0.25) is 5.91 Å². The van der Waals surface area contributed by atoms with Crippen LogP contribution in [0.15, 0.2) is 150 Å². The molecule has 4 N–H and O–H groups in total. The highest BCUT2D eigenvalue weighted by molar-refractivity contribution is 6.63. The third kappa shape index (κ3) is 16.6. The smallest absolute Gasteiger partial charge is 0.276 e. The minimum Gasteiger partial charge on any atom is -1.00 e. The number of nitrogen functional groups attached to an aromatic ring is 1. The molecule has 72 heavy (non-hydrogen) atoms. The Balaban J connectivity index is 0.000000236. The Morgan fingerprint density at radius 1 is 0.625 bits per heavy atom. The molecule has 372 valence electrons. The van der Waals surface area contributed by atoms with E-state index in [2.05, 4.69) is 30.5 Å². The van der Waals surface area contributed by atoms with Gasteiger partial charge in [0.25, 0.3) is 16.4 Å². The van der Waals surface area contributed by atoms with Gasteiger partial charge in [-0.3, -0.25) is 24.2 Å². The first-order valence-electron chi connectivity index (χ1n) is 21.6. The number of benzene rings is 4. The van der Waals surface area contributed by atoms with Crippen molar-refractivity contribution in [2.24, 2.45) is 0 Å². The van der Waals surface area contributed by atoms with Crippen LogP contribution in [0.4, 0.5) is 28.9 Å². The molecule has 0 saturated heterocycles. The molecule has 0 aliphatic carbocycles. The number of likely N-dealkylation sites (N-methyl/N-ethyl adjacent to an activating group) is 2. The fourth-order valence-corrected chi connectivity index (χ4v) is 6.98. The zero-order valence-corrected chi connectivity index (χ0v) is 40.7. The zero-order valence-electron chi connectivity index (χ0n) is 39.2. The average molecular weight is 1020 g/mol. The predicted octanol–water partition coefficient (Wildman–Crippen LogP) is 2.98. The van der Waals surface area contributed by atoms with Crippen LogP contribution < -0.4 is 39.5 Å². The highest BCUT2D eigenvalue weighted by Crippen LogP contribution is 2.23. The molecule has 4 aromatic carbocycles. The van der Waals surface area contributed by atoms with Crippen molar-refractivity contribution in [1.82, 2.24) is 39.4 Å². The first kappa shape index (κ1) is 55.0. The monoisotopic (exact) mass is 1020 g/mol. The number of hydrogen-bond donors (Lipinski definition) is 3. The summed E-state index contributed by atoms with van der Waals surface area (Å²) in [5.41, 5.74) is 10.9. The molecule has 8 aromatic rings. The van der Waals surface area contributed by atoms with Crippen molar-refractivity contribution in [1.29, 1.82) is 0 Å². The second-order valence-electron chi connectivity index (χ2n) is 16.4. The molecule has 0 aliphatic heterocycles.